The van der Waals surface area contributed by atoms with Crippen LogP contribution in [-0.4, -0.2) is 32.9 Å². The van der Waals surface area contributed by atoms with Crippen LogP contribution in [0.3, 0.4) is 0 Å². The number of carboxylic acids is 1. The number of hydrogen-bond donors (Lipinski definition) is 4. The zero-order chi connectivity index (χ0) is 38.2. The Hall–Kier alpha value is -3.76. The van der Waals surface area contributed by atoms with Crippen molar-refractivity contribution in [2.75, 3.05) is 0 Å². The lowest BCUT2D eigenvalue weighted by atomic mass is 9.91. The first-order valence-corrected chi connectivity index (χ1v) is 20.7. The third kappa shape index (κ3) is 15.3. The maximum absolute atomic E-state index is 11.4. The van der Waals surface area contributed by atoms with Crippen molar-refractivity contribution in [2.24, 2.45) is 0 Å². The molecule has 0 saturated heterocycles. The number of fused-ring (bicyclic) bond motifs is 2. The number of phosphoric ester groups is 1. The molecule has 0 unspecified atom stereocenters. The van der Waals surface area contributed by atoms with Crippen LogP contribution in [0.1, 0.15) is 126 Å². The number of phosphoric acid groups is 1. The zero-order valence-corrected chi connectivity index (χ0v) is 32.0. The lowest BCUT2D eigenvalue weighted by molar-refractivity contribution is -0.137. The summed E-state index contributed by atoms with van der Waals surface area (Å²) >= 11 is 0. The fourth-order valence-corrected chi connectivity index (χ4v) is 7.60. The van der Waals surface area contributed by atoms with Gasteiger partial charge >= 0.3 is 25.0 Å². The fourth-order valence-electron chi connectivity index (χ4n) is 7.21. The van der Waals surface area contributed by atoms with E-state index in [4.69, 9.17) is 23.7 Å². The second-order valence-corrected chi connectivity index (χ2v) is 15.6. The van der Waals surface area contributed by atoms with Gasteiger partial charge in [0.25, 0.3) is 0 Å². The Bertz CT molecular complexity index is 1900. The number of nitrogens with one attached hydrogen (secondary N) is 1. The van der Waals surface area contributed by atoms with Gasteiger partial charge in [-0.15, -0.1) is 0 Å². The zero-order valence-electron chi connectivity index (χ0n) is 31.1. The van der Waals surface area contributed by atoms with Gasteiger partial charge in [0.2, 0.25) is 0 Å². The van der Waals surface area contributed by atoms with Crippen molar-refractivity contribution in [1.29, 1.82) is 0 Å². The van der Waals surface area contributed by atoms with Crippen LogP contribution in [0.15, 0.2) is 67.0 Å². The fraction of sp³-hybridized carbons (Fsp3) is 0.537. The molecule has 4 aromatic rings. The van der Waals surface area contributed by atoms with E-state index in [1.54, 1.807) is 13.0 Å². The molecule has 4 N–H and O–H groups in total. The van der Waals surface area contributed by atoms with Crippen molar-refractivity contribution in [1.82, 2.24) is 5.32 Å². The van der Waals surface area contributed by atoms with Crippen LogP contribution in [0.2, 0.25) is 0 Å². The summed E-state index contributed by atoms with van der Waals surface area (Å²) in [6.07, 6.45) is 22.1. The average Bonchev–Trinajstić information content (AvgIpc) is 3.09. The van der Waals surface area contributed by atoms with Crippen molar-refractivity contribution in [2.45, 2.75) is 142 Å². The van der Waals surface area contributed by atoms with E-state index < -0.39 is 19.4 Å². The minimum absolute atomic E-state index is 0.0559. The molecule has 2 fully saturated rings. The summed E-state index contributed by atoms with van der Waals surface area (Å²) in [6.45, 7) is 3.66. The summed E-state index contributed by atoms with van der Waals surface area (Å²) < 4.78 is 25.2. The maximum atomic E-state index is 11.4. The molecular weight excluding hydrogens is 697 g/mol. The van der Waals surface area contributed by atoms with Crippen molar-refractivity contribution in [3.05, 3.63) is 86.1 Å². The molecule has 2 heterocycles. The van der Waals surface area contributed by atoms with Crippen molar-refractivity contribution in [3.63, 3.8) is 0 Å². The van der Waals surface area contributed by atoms with Gasteiger partial charge in [0, 0.05) is 47.5 Å². The van der Waals surface area contributed by atoms with Crippen LogP contribution < -0.4 is 21.1 Å². The number of aryl methyl sites for hydroxylation is 3. The minimum Gasteiger partial charge on any atom is -0.481 e. The second-order valence-electron chi connectivity index (χ2n) is 14.4. The monoisotopic (exact) mass is 753 g/mol. The smallest absolute Gasteiger partial charge is 0.481 e. The number of carboxylic acid groups (broad SMARTS) is 1. The largest absolute Gasteiger partial charge is 0.524 e. The molecule has 53 heavy (non-hydrogen) atoms. The van der Waals surface area contributed by atoms with E-state index in [0.717, 1.165) is 73.5 Å². The predicted molar refractivity (Wildman–Crippen MR) is 208 cm³/mol. The van der Waals surface area contributed by atoms with Gasteiger partial charge in [0.1, 0.15) is 16.9 Å². The number of rotatable bonds is 13. The maximum Gasteiger partial charge on any atom is 0.524 e. The van der Waals surface area contributed by atoms with Gasteiger partial charge in [0.05, 0.1) is 0 Å². The molecule has 11 nitrogen and oxygen atoms in total. The number of aliphatic carboxylic acids is 1. The molecule has 0 bridgehead atoms. The first kappa shape index (κ1) is 42.0. The van der Waals surface area contributed by atoms with Crippen LogP contribution in [0.25, 0.3) is 21.9 Å². The third-order valence-corrected chi connectivity index (χ3v) is 10.4. The van der Waals surface area contributed by atoms with Gasteiger partial charge in [-0.05, 0) is 93.7 Å². The molecule has 2 aliphatic rings. The Morgan fingerprint density at radius 1 is 0.717 bits per heavy atom. The predicted octanol–water partition coefficient (Wildman–Crippen LogP) is 9.27. The molecule has 0 atom stereocenters. The highest BCUT2D eigenvalue weighted by Crippen LogP contribution is 2.38. The summed E-state index contributed by atoms with van der Waals surface area (Å²) in [6, 6.07) is 14.9. The topological polar surface area (TPSA) is 177 Å². The third-order valence-electron chi connectivity index (χ3n) is 9.95. The summed E-state index contributed by atoms with van der Waals surface area (Å²) in [4.78, 5) is 50.3. The Balaban J connectivity index is 0.000000185. The number of carbonyl (C=O) groups is 1. The van der Waals surface area contributed by atoms with E-state index in [1.165, 1.54) is 94.0 Å². The number of benzene rings is 2. The summed E-state index contributed by atoms with van der Waals surface area (Å²) in [5.41, 5.74) is 2.93. The molecule has 0 amide bonds. The van der Waals surface area contributed by atoms with Crippen molar-refractivity contribution < 1.29 is 37.6 Å². The van der Waals surface area contributed by atoms with Crippen LogP contribution in [0.4, 0.5) is 0 Å². The molecule has 2 aromatic heterocycles. The molecule has 12 heteroatoms. The van der Waals surface area contributed by atoms with Gasteiger partial charge in [0.15, 0.2) is 0 Å². The molecular formula is C41H56NO10P. The Labute approximate surface area is 311 Å². The first-order chi connectivity index (χ1) is 25.4. The molecule has 290 valence electrons. The van der Waals surface area contributed by atoms with Gasteiger partial charge in [-0.1, -0.05) is 76.3 Å². The van der Waals surface area contributed by atoms with E-state index in [-0.39, 0.29) is 23.4 Å². The van der Waals surface area contributed by atoms with Gasteiger partial charge < -0.3 is 23.8 Å². The van der Waals surface area contributed by atoms with Crippen LogP contribution >= 0.6 is 7.82 Å². The molecule has 0 radical (unpaired) electrons. The highest BCUT2D eigenvalue weighted by Gasteiger charge is 2.19. The summed E-state index contributed by atoms with van der Waals surface area (Å²) in [5, 5.41) is 14.1. The highest BCUT2D eigenvalue weighted by molar-refractivity contribution is 7.46. The summed E-state index contributed by atoms with van der Waals surface area (Å²) in [7, 11) is -4.61. The highest BCUT2D eigenvalue weighted by atomic mass is 31.2. The van der Waals surface area contributed by atoms with Crippen LogP contribution in [-0.2, 0) is 15.8 Å². The quantitative estimate of drug-likeness (QED) is 0.0581. The van der Waals surface area contributed by atoms with E-state index in [0.29, 0.717) is 11.0 Å². The minimum atomic E-state index is -4.61. The second kappa shape index (κ2) is 21.2. The normalized spacial score (nSPS) is 15.3. The van der Waals surface area contributed by atoms with E-state index in [9.17, 15) is 18.9 Å². The molecule has 2 aromatic carbocycles. The average molecular weight is 754 g/mol. The first-order valence-electron chi connectivity index (χ1n) is 19.2. The number of unbranched alkanes of at least 4 members (excludes halogenated alkanes) is 5. The summed E-state index contributed by atoms with van der Waals surface area (Å²) in [5.74, 6) is -0.761. The molecule has 6 rings (SSSR count). The lowest BCUT2D eigenvalue weighted by Gasteiger charge is -2.30. The van der Waals surface area contributed by atoms with Gasteiger partial charge in [-0.25, -0.2) is 14.2 Å². The van der Waals surface area contributed by atoms with E-state index in [1.807, 2.05) is 19.1 Å². The van der Waals surface area contributed by atoms with Gasteiger partial charge in [-0.3, -0.25) is 14.6 Å². The van der Waals surface area contributed by atoms with E-state index in [2.05, 4.69) is 15.9 Å². The molecule has 2 aliphatic carbocycles. The molecule has 2 saturated carbocycles. The Kier molecular flexibility index (Phi) is 16.8. The lowest BCUT2D eigenvalue weighted by Crippen LogP contribution is -2.40. The number of hydrogen-bond acceptors (Lipinski definition) is 8. The van der Waals surface area contributed by atoms with Crippen molar-refractivity contribution >= 4 is 35.7 Å². The van der Waals surface area contributed by atoms with Crippen molar-refractivity contribution in [3.8, 4) is 5.75 Å². The standard InChI is InChI=1S/C19H24O4.C12H23N.C10H9O6P/c1-14-12-19(22)23-17-13-15(10-11-16(14)17)8-6-4-2-3-5-7-9-18(20)21;1-3-7-11(8-4-1)13-12-9-5-2-6-10-12;1-6-4-10(11)15-9-5-7(2-3-8(6)9)16-17(12,13)14/h10-13H,2-9H2,1H3,(H,20,21);11-13H,1-10H2;2-5H,1H3,(H2,12,13,14). The van der Waals surface area contributed by atoms with Crippen LogP contribution in [0, 0.1) is 13.8 Å². The Morgan fingerprint density at radius 3 is 1.74 bits per heavy atom. The molecule has 0 spiro atoms. The SMILES string of the molecule is C1CCC(NC2CCCCC2)CC1.Cc1cc(=O)oc2cc(CCCCCCCCC(=O)O)ccc12.Cc1cc(=O)oc2cc(OP(=O)(O)O)ccc12. The van der Waals surface area contributed by atoms with Gasteiger partial charge in [-0.2, -0.15) is 0 Å². The van der Waals surface area contributed by atoms with E-state index >= 15 is 0 Å². The Morgan fingerprint density at radius 2 is 1.21 bits per heavy atom. The van der Waals surface area contributed by atoms with Crippen LogP contribution in [0.5, 0.6) is 5.75 Å². The molecule has 0 aliphatic heterocycles.